The van der Waals surface area contributed by atoms with Crippen molar-refractivity contribution in [1.82, 2.24) is 4.72 Å². The molecule has 0 radical (unpaired) electrons. The van der Waals surface area contributed by atoms with Gasteiger partial charge in [-0.25, -0.2) is 17.5 Å². The maximum Gasteiger partial charge on any atom is 0.250 e. The Hall–Kier alpha value is -1.24. The minimum absolute atomic E-state index is 0.294. The van der Waals surface area contributed by atoms with Crippen LogP contribution < -0.4 is 4.72 Å². The van der Waals surface area contributed by atoms with E-state index in [9.17, 15) is 12.8 Å². The number of benzene rings is 1. The fourth-order valence-electron chi connectivity index (χ4n) is 1.47. The maximum absolute atomic E-state index is 12.7. The number of rotatable bonds is 5. The molecule has 0 unspecified atom stereocenters. The lowest BCUT2D eigenvalue weighted by Crippen LogP contribution is -2.25. The van der Waals surface area contributed by atoms with Crippen molar-refractivity contribution in [2.75, 3.05) is 6.54 Å². The van der Waals surface area contributed by atoms with Crippen LogP contribution in [0, 0.1) is 5.82 Å². The number of halogens is 1. The quantitative estimate of drug-likeness (QED) is 0.917. The summed E-state index contributed by atoms with van der Waals surface area (Å²) in [6.07, 6.45) is 0.533. The van der Waals surface area contributed by atoms with Crippen LogP contribution in [0.1, 0.15) is 5.56 Å². The fourth-order valence-corrected chi connectivity index (χ4v) is 3.54. The first-order valence-corrected chi connectivity index (χ1v) is 7.72. The zero-order chi connectivity index (χ0) is 13.0. The van der Waals surface area contributed by atoms with E-state index >= 15 is 0 Å². The van der Waals surface area contributed by atoms with Crippen LogP contribution in [-0.4, -0.2) is 15.0 Å². The minimum atomic E-state index is -3.40. The second kappa shape index (κ2) is 5.60. The normalized spacial score (nSPS) is 11.6. The summed E-state index contributed by atoms with van der Waals surface area (Å²) < 4.78 is 39.0. The van der Waals surface area contributed by atoms with Crippen LogP contribution in [0.25, 0.3) is 0 Å². The third kappa shape index (κ3) is 3.38. The topological polar surface area (TPSA) is 46.2 Å². The van der Waals surface area contributed by atoms with Crippen molar-refractivity contribution < 1.29 is 12.8 Å². The van der Waals surface area contributed by atoms with Crippen LogP contribution in [-0.2, 0) is 16.4 Å². The van der Waals surface area contributed by atoms with Gasteiger partial charge in [-0.05, 0) is 35.6 Å². The first-order valence-electron chi connectivity index (χ1n) is 5.35. The van der Waals surface area contributed by atoms with Crippen molar-refractivity contribution in [3.63, 3.8) is 0 Å². The summed E-state index contributed by atoms with van der Waals surface area (Å²) >= 11 is 1.18. The first kappa shape index (κ1) is 13.2. The summed E-state index contributed by atoms with van der Waals surface area (Å²) in [4.78, 5) is 0. The van der Waals surface area contributed by atoms with Crippen LogP contribution in [0.4, 0.5) is 4.39 Å². The molecule has 18 heavy (non-hydrogen) atoms. The van der Waals surface area contributed by atoms with Crippen molar-refractivity contribution in [2.24, 2.45) is 0 Å². The van der Waals surface area contributed by atoms with Gasteiger partial charge in [0, 0.05) is 6.54 Å². The third-order valence-electron chi connectivity index (χ3n) is 2.38. The number of hydrogen-bond acceptors (Lipinski definition) is 3. The number of sulfonamides is 1. The van der Waals surface area contributed by atoms with E-state index in [0.717, 1.165) is 5.56 Å². The Morgan fingerprint density at radius 2 is 1.89 bits per heavy atom. The average Bonchev–Trinajstić information content (AvgIpc) is 2.86. The predicted molar refractivity (Wildman–Crippen MR) is 69.6 cm³/mol. The van der Waals surface area contributed by atoms with Gasteiger partial charge in [0.1, 0.15) is 10.0 Å². The second-order valence-corrected chi connectivity index (χ2v) is 6.65. The Bertz CT molecular complexity index is 592. The molecular formula is C12H12FNO2S2. The molecule has 0 aliphatic rings. The van der Waals surface area contributed by atoms with E-state index in [2.05, 4.69) is 4.72 Å². The highest BCUT2D eigenvalue weighted by Crippen LogP contribution is 2.15. The van der Waals surface area contributed by atoms with E-state index in [1.165, 1.54) is 23.5 Å². The van der Waals surface area contributed by atoms with Gasteiger partial charge in [0.2, 0.25) is 10.0 Å². The average molecular weight is 285 g/mol. The Labute approximate surface area is 109 Å². The van der Waals surface area contributed by atoms with Crippen LogP contribution in [0.5, 0.6) is 0 Å². The van der Waals surface area contributed by atoms with E-state index in [1.807, 2.05) is 0 Å². The molecule has 0 atom stereocenters. The van der Waals surface area contributed by atoms with Crippen LogP contribution in [0.3, 0.4) is 0 Å². The summed E-state index contributed by atoms with van der Waals surface area (Å²) in [5, 5.41) is 1.72. The van der Waals surface area contributed by atoms with Gasteiger partial charge in [-0.2, -0.15) is 0 Å². The largest absolute Gasteiger partial charge is 0.250 e. The van der Waals surface area contributed by atoms with Crippen LogP contribution in [0.2, 0.25) is 0 Å². The van der Waals surface area contributed by atoms with Gasteiger partial charge < -0.3 is 0 Å². The predicted octanol–water partition coefficient (Wildman–Crippen LogP) is 2.41. The van der Waals surface area contributed by atoms with Gasteiger partial charge in [-0.1, -0.05) is 18.2 Å². The molecule has 1 N–H and O–H groups in total. The molecule has 2 aromatic rings. The molecule has 0 fully saturated rings. The van der Waals surface area contributed by atoms with E-state index in [4.69, 9.17) is 0 Å². The summed E-state index contributed by atoms with van der Waals surface area (Å²) in [6.45, 7) is 0.297. The van der Waals surface area contributed by atoms with Gasteiger partial charge >= 0.3 is 0 Å². The van der Waals surface area contributed by atoms with Gasteiger partial charge in [-0.15, -0.1) is 11.3 Å². The van der Waals surface area contributed by atoms with Gasteiger partial charge in [-0.3, -0.25) is 0 Å². The lowest BCUT2D eigenvalue weighted by atomic mass is 10.1. The van der Waals surface area contributed by atoms with E-state index in [1.54, 1.807) is 29.6 Å². The van der Waals surface area contributed by atoms with Crippen LogP contribution in [0.15, 0.2) is 46.0 Å². The molecule has 0 saturated heterocycles. The zero-order valence-electron chi connectivity index (χ0n) is 9.47. The standard InChI is InChI=1S/C12H12FNO2S2/c13-11-5-3-10(4-6-11)7-8-14-18(15,16)12-2-1-9-17-12/h1-6,9,14H,7-8H2. The van der Waals surface area contributed by atoms with Crippen molar-refractivity contribution >= 4 is 21.4 Å². The van der Waals surface area contributed by atoms with E-state index < -0.39 is 10.0 Å². The highest BCUT2D eigenvalue weighted by Gasteiger charge is 2.13. The van der Waals surface area contributed by atoms with Crippen molar-refractivity contribution in [2.45, 2.75) is 10.6 Å². The van der Waals surface area contributed by atoms with Crippen molar-refractivity contribution in [1.29, 1.82) is 0 Å². The van der Waals surface area contributed by atoms with Crippen LogP contribution >= 0.6 is 11.3 Å². The maximum atomic E-state index is 12.7. The van der Waals surface area contributed by atoms with Gasteiger partial charge in [0.25, 0.3) is 0 Å². The third-order valence-corrected chi connectivity index (χ3v) is 5.24. The Kier molecular flexibility index (Phi) is 4.11. The SMILES string of the molecule is O=S(=O)(NCCc1ccc(F)cc1)c1cccs1. The molecule has 3 nitrogen and oxygen atoms in total. The molecule has 0 aliphatic carbocycles. The van der Waals surface area contributed by atoms with Crippen molar-refractivity contribution in [3.8, 4) is 0 Å². The minimum Gasteiger partial charge on any atom is -0.210 e. The Balaban J connectivity index is 1.91. The molecule has 0 amide bonds. The highest BCUT2D eigenvalue weighted by molar-refractivity contribution is 7.91. The molecule has 6 heteroatoms. The molecule has 1 heterocycles. The first-order chi connectivity index (χ1) is 8.58. The molecule has 0 bridgehead atoms. The van der Waals surface area contributed by atoms with Gasteiger partial charge in [0.15, 0.2) is 0 Å². The molecule has 0 aliphatic heterocycles. The van der Waals surface area contributed by atoms with E-state index in [0.29, 0.717) is 17.2 Å². The van der Waals surface area contributed by atoms with Crippen molar-refractivity contribution in [3.05, 3.63) is 53.2 Å². The molecule has 96 valence electrons. The van der Waals surface area contributed by atoms with Gasteiger partial charge in [0.05, 0.1) is 0 Å². The fraction of sp³-hybridized carbons (Fsp3) is 0.167. The smallest absolute Gasteiger partial charge is 0.210 e. The summed E-state index contributed by atoms with van der Waals surface area (Å²) in [5.41, 5.74) is 0.894. The lowest BCUT2D eigenvalue weighted by Gasteiger charge is -2.04. The molecule has 1 aromatic heterocycles. The molecular weight excluding hydrogens is 273 g/mol. The summed E-state index contributed by atoms with van der Waals surface area (Å²) in [7, 11) is -3.40. The second-order valence-electron chi connectivity index (χ2n) is 3.71. The zero-order valence-corrected chi connectivity index (χ0v) is 11.1. The molecule has 0 saturated carbocycles. The monoisotopic (exact) mass is 285 g/mol. The number of nitrogens with one attached hydrogen (secondary N) is 1. The number of thiophene rings is 1. The van der Waals surface area contributed by atoms with E-state index in [-0.39, 0.29) is 5.82 Å². The summed E-state index contributed by atoms with van der Waals surface area (Å²) in [5.74, 6) is -0.294. The Morgan fingerprint density at radius 1 is 1.17 bits per heavy atom. The number of hydrogen-bond donors (Lipinski definition) is 1. The highest BCUT2D eigenvalue weighted by atomic mass is 32.2. The molecule has 2 rings (SSSR count). The summed E-state index contributed by atoms with van der Waals surface area (Å²) in [6, 6.07) is 9.28. The molecule has 1 aromatic carbocycles. The Morgan fingerprint density at radius 3 is 2.50 bits per heavy atom. The molecule has 0 spiro atoms. The lowest BCUT2D eigenvalue weighted by molar-refractivity contribution is 0.583.